The smallest absolute Gasteiger partial charge is 0.325 e. The van der Waals surface area contributed by atoms with E-state index in [1.165, 1.54) is 12.1 Å². The molecule has 0 bridgehead atoms. The monoisotopic (exact) mass is 473 g/mol. The second kappa shape index (κ2) is 9.90. The summed E-state index contributed by atoms with van der Waals surface area (Å²) in [6.07, 6.45) is 0.512. The summed E-state index contributed by atoms with van der Waals surface area (Å²) in [5.41, 5.74) is 3.10. The molecule has 0 saturated carbocycles. The fourth-order valence-corrected chi connectivity index (χ4v) is 4.20. The normalized spacial score (nSPS) is 11.1. The highest BCUT2D eigenvalue weighted by Crippen LogP contribution is 2.23. The summed E-state index contributed by atoms with van der Waals surface area (Å²) in [5, 5.41) is 13.6. The quantitative estimate of drug-likeness (QED) is 0.417. The number of hydrogen-bond acceptors (Lipinski definition) is 6. The van der Waals surface area contributed by atoms with Crippen LogP contribution in [0.4, 0.5) is 15.6 Å². The zero-order chi connectivity index (χ0) is 23.3. The number of carbonyl (C=O) groups is 2. The summed E-state index contributed by atoms with van der Waals surface area (Å²) in [4.78, 5) is 29.4. The molecule has 0 aliphatic heterocycles. The van der Waals surface area contributed by atoms with Gasteiger partial charge in [0.05, 0.1) is 10.6 Å². The second-order valence-electron chi connectivity index (χ2n) is 7.07. The van der Waals surface area contributed by atoms with Gasteiger partial charge in [0.2, 0.25) is 10.0 Å². The first kappa shape index (κ1) is 23.4. The van der Waals surface area contributed by atoms with E-state index in [4.69, 9.17) is 5.14 Å². The van der Waals surface area contributed by atoms with Crippen LogP contribution >= 0.6 is 11.3 Å². The number of thiazole rings is 1. The number of carbonyl (C=O) groups excluding carboxylic acids is 2. The number of sulfonamides is 1. The Morgan fingerprint density at radius 2 is 1.66 bits per heavy atom. The Hall–Kier alpha value is -3.28. The molecule has 1 heterocycles. The van der Waals surface area contributed by atoms with Crippen molar-refractivity contribution >= 4 is 44.1 Å². The van der Waals surface area contributed by atoms with Gasteiger partial charge in [0.1, 0.15) is 4.88 Å². The molecule has 0 saturated heterocycles. The van der Waals surface area contributed by atoms with Crippen LogP contribution in [0.2, 0.25) is 0 Å². The number of urea groups is 1. The number of nitrogens with one attached hydrogen (secondary N) is 3. The Morgan fingerprint density at radius 3 is 2.28 bits per heavy atom. The molecule has 32 heavy (non-hydrogen) atoms. The molecule has 168 valence electrons. The highest BCUT2D eigenvalue weighted by atomic mass is 32.2. The number of aryl methyl sites for hydroxylation is 2. The van der Waals surface area contributed by atoms with Crippen LogP contribution in [-0.2, 0) is 16.4 Å². The lowest BCUT2D eigenvalue weighted by atomic mass is 10.1. The molecule has 0 spiro atoms. The molecule has 0 aliphatic carbocycles. The first-order valence-electron chi connectivity index (χ1n) is 9.64. The van der Waals surface area contributed by atoms with E-state index in [0.29, 0.717) is 34.4 Å². The van der Waals surface area contributed by atoms with Gasteiger partial charge in [-0.25, -0.2) is 23.3 Å². The molecule has 2 aromatic carbocycles. The van der Waals surface area contributed by atoms with E-state index in [9.17, 15) is 18.0 Å². The van der Waals surface area contributed by atoms with Gasteiger partial charge in [0.25, 0.3) is 5.91 Å². The van der Waals surface area contributed by atoms with Crippen LogP contribution in [-0.4, -0.2) is 31.9 Å². The minimum absolute atomic E-state index is 0.0389. The number of nitrogens with zero attached hydrogens (tertiary/aromatic N) is 1. The number of aromatic nitrogens is 1. The molecule has 5 N–H and O–H groups in total. The molecule has 0 radical (unpaired) electrons. The summed E-state index contributed by atoms with van der Waals surface area (Å²) < 4.78 is 22.6. The van der Waals surface area contributed by atoms with E-state index in [2.05, 4.69) is 20.9 Å². The maximum Gasteiger partial charge on any atom is 0.325 e. The Bertz CT molecular complexity index is 1220. The average molecular weight is 474 g/mol. The fourth-order valence-electron chi connectivity index (χ4n) is 2.80. The molecule has 1 aromatic heterocycles. The maximum absolute atomic E-state index is 12.5. The highest BCUT2D eigenvalue weighted by molar-refractivity contribution is 7.89. The average Bonchev–Trinajstić information content (AvgIpc) is 3.09. The van der Waals surface area contributed by atoms with Gasteiger partial charge in [-0.3, -0.25) is 10.1 Å². The van der Waals surface area contributed by atoms with E-state index in [0.717, 1.165) is 22.5 Å². The third-order valence-corrected chi connectivity index (χ3v) is 6.48. The molecule has 3 amide bonds. The molecule has 0 aliphatic rings. The van der Waals surface area contributed by atoms with Gasteiger partial charge in [-0.2, -0.15) is 0 Å². The lowest BCUT2D eigenvalue weighted by Crippen LogP contribution is -2.25. The third-order valence-electron chi connectivity index (χ3n) is 4.48. The van der Waals surface area contributed by atoms with Crippen molar-refractivity contribution in [3.8, 4) is 0 Å². The minimum atomic E-state index is -3.73. The van der Waals surface area contributed by atoms with E-state index in [-0.39, 0.29) is 10.8 Å². The molecule has 11 heteroatoms. The zero-order valence-corrected chi connectivity index (χ0v) is 19.1. The van der Waals surface area contributed by atoms with Crippen molar-refractivity contribution < 1.29 is 18.0 Å². The Morgan fingerprint density at radius 1 is 1.00 bits per heavy atom. The summed E-state index contributed by atoms with van der Waals surface area (Å²) >= 11 is 1.08. The number of primary sulfonamides is 1. The zero-order valence-electron chi connectivity index (χ0n) is 17.5. The Kier molecular flexibility index (Phi) is 7.23. The minimum Gasteiger partial charge on any atom is -0.351 e. The van der Waals surface area contributed by atoms with Crippen LogP contribution in [0.5, 0.6) is 0 Å². The van der Waals surface area contributed by atoms with Crippen molar-refractivity contribution in [3.05, 3.63) is 70.2 Å². The van der Waals surface area contributed by atoms with Gasteiger partial charge in [0, 0.05) is 12.2 Å². The molecule has 9 nitrogen and oxygen atoms in total. The van der Waals surface area contributed by atoms with Crippen LogP contribution < -0.4 is 21.1 Å². The van der Waals surface area contributed by atoms with Gasteiger partial charge in [-0.15, -0.1) is 0 Å². The predicted octanol–water partition coefficient (Wildman–Crippen LogP) is 3.02. The second-order valence-corrected chi connectivity index (χ2v) is 9.63. The Labute approximate surface area is 190 Å². The van der Waals surface area contributed by atoms with Gasteiger partial charge in [-0.05, 0) is 50.1 Å². The van der Waals surface area contributed by atoms with Gasteiger partial charge in [0.15, 0.2) is 5.13 Å². The fraction of sp³-hybridized carbons (Fsp3) is 0.190. The van der Waals surface area contributed by atoms with Crippen LogP contribution in [0.1, 0.15) is 26.5 Å². The lowest BCUT2D eigenvalue weighted by molar-refractivity contribution is 0.0957. The summed E-state index contributed by atoms with van der Waals surface area (Å²) in [6.45, 7) is 4.00. The van der Waals surface area contributed by atoms with Crippen LogP contribution in [0.25, 0.3) is 0 Å². The van der Waals surface area contributed by atoms with Crippen molar-refractivity contribution in [3.63, 3.8) is 0 Å². The van der Waals surface area contributed by atoms with Crippen molar-refractivity contribution in [2.24, 2.45) is 5.14 Å². The predicted molar refractivity (Wildman–Crippen MR) is 125 cm³/mol. The molecule has 0 fully saturated rings. The van der Waals surface area contributed by atoms with Crippen molar-refractivity contribution in [2.45, 2.75) is 25.2 Å². The number of rotatable bonds is 7. The third kappa shape index (κ3) is 6.36. The first-order valence-corrected chi connectivity index (χ1v) is 12.0. The standard InChI is InChI=1S/C21H23N5O4S2/c1-13-3-7-16(8-4-13)25-20(28)26-21-24-14(2)18(31-21)19(27)23-12-11-15-5-9-17(10-6-15)32(22,29)30/h3-10H,11-12H2,1-2H3,(H,23,27)(H2,22,29,30)(H2,24,25,26,28). The summed E-state index contributed by atoms with van der Waals surface area (Å²) in [5.74, 6) is -0.298. The number of amides is 3. The molecule has 3 aromatic rings. The molecule has 3 rings (SSSR count). The summed E-state index contributed by atoms with van der Waals surface area (Å²) in [6, 6.07) is 13.1. The highest BCUT2D eigenvalue weighted by Gasteiger charge is 2.16. The van der Waals surface area contributed by atoms with E-state index in [1.807, 2.05) is 19.1 Å². The Balaban J connectivity index is 1.52. The molecule has 0 unspecified atom stereocenters. The van der Waals surface area contributed by atoms with Crippen LogP contribution in [0, 0.1) is 13.8 Å². The topological polar surface area (TPSA) is 143 Å². The number of nitrogens with two attached hydrogens (primary N) is 1. The van der Waals surface area contributed by atoms with E-state index >= 15 is 0 Å². The first-order chi connectivity index (χ1) is 15.1. The maximum atomic E-state index is 12.5. The summed E-state index contributed by atoms with van der Waals surface area (Å²) in [7, 11) is -3.73. The molecule has 0 atom stereocenters. The SMILES string of the molecule is Cc1ccc(NC(=O)Nc2nc(C)c(C(=O)NCCc3ccc(S(N)(=O)=O)cc3)s2)cc1. The number of hydrogen-bond donors (Lipinski definition) is 4. The van der Waals surface area contributed by atoms with Gasteiger partial charge in [-0.1, -0.05) is 41.2 Å². The molecular formula is C21H23N5O4S2. The van der Waals surface area contributed by atoms with Crippen molar-refractivity contribution in [1.82, 2.24) is 10.3 Å². The van der Waals surface area contributed by atoms with Gasteiger partial charge >= 0.3 is 6.03 Å². The van der Waals surface area contributed by atoms with Crippen LogP contribution in [0.3, 0.4) is 0 Å². The van der Waals surface area contributed by atoms with E-state index in [1.54, 1.807) is 31.2 Å². The lowest BCUT2D eigenvalue weighted by Gasteiger charge is -2.06. The van der Waals surface area contributed by atoms with E-state index < -0.39 is 16.1 Å². The van der Waals surface area contributed by atoms with Crippen molar-refractivity contribution in [1.29, 1.82) is 0 Å². The molecular weight excluding hydrogens is 450 g/mol. The number of anilines is 2. The van der Waals surface area contributed by atoms with Gasteiger partial charge < -0.3 is 10.6 Å². The van der Waals surface area contributed by atoms with Crippen molar-refractivity contribution in [2.75, 3.05) is 17.2 Å². The van der Waals surface area contributed by atoms with Crippen LogP contribution in [0.15, 0.2) is 53.4 Å². The number of benzene rings is 2. The largest absolute Gasteiger partial charge is 0.351 e.